The summed E-state index contributed by atoms with van der Waals surface area (Å²) in [4.78, 5) is 18.5. The molecular weight excluding hydrogens is 335 g/mol. The highest BCUT2D eigenvalue weighted by Gasteiger charge is 2.16. The number of hydrogen-bond acceptors (Lipinski definition) is 2. The van der Waals surface area contributed by atoms with Crippen molar-refractivity contribution in [1.29, 1.82) is 0 Å². The lowest BCUT2D eigenvalue weighted by atomic mass is 10.2. The van der Waals surface area contributed by atoms with Gasteiger partial charge in [0.15, 0.2) is 0 Å². The minimum atomic E-state index is -0.439. The molecule has 0 fully saturated rings. The molecule has 2 rings (SSSR count). The van der Waals surface area contributed by atoms with E-state index < -0.39 is 5.82 Å². The molecule has 0 bridgehead atoms. The van der Waals surface area contributed by atoms with Gasteiger partial charge >= 0.3 is 0 Å². The molecule has 5 heteroatoms. The quantitative estimate of drug-likeness (QED) is 0.836. The van der Waals surface area contributed by atoms with Crippen LogP contribution in [0.3, 0.4) is 0 Å². The fourth-order valence-corrected chi connectivity index (χ4v) is 2.27. The van der Waals surface area contributed by atoms with Crippen LogP contribution in [0.5, 0.6) is 0 Å². The van der Waals surface area contributed by atoms with Crippen molar-refractivity contribution in [2.45, 2.75) is 20.4 Å². The number of aromatic nitrogens is 1. The van der Waals surface area contributed by atoms with Gasteiger partial charge in [0.05, 0.1) is 16.7 Å². The summed E-state index contributed by atoms with van der Waals surface area (Å²) in [7, 11) is 0. The van der Waals surface area contributed by atoms with Crippen LogP contribution >= 0.6 is 15.9 Å². The summed E-state index contributed by atoms with van der Waals surface area (Å²) >= 11 is 3.08. The average Bonchev–Trinajstić information content (AvgIpc) is 2.47. The Kier molecular flexibility index (Phi) is 5.07. The van der Waals surface area contributed by atoms with Crippen LogP contribution in [-0.2, 0) is 6.54 Å². The van der Waals surface area contributed by atoms with E-state index in [0.29, 0.717) is 23.1 Å². The second-order valence-corrected chi connectivity index (χ2v) is 5.57. The first-order valence-corrected chi connectivity index (χ1v) is 7.47. The monoisotopic (exact) mass is 350 g/mol. The molecule has 1 aromatic heterocycles. The van der Waals surface area contributed by atoms with E-state index in [1.807, 2.05) is 32.0 Å². The van der Waals surface area contributed by atoms with Gasteiger partial charge in [0.25, 0.3) is 5.91 Å². The van der Waals surface area contributed by atoms with E-state index in [9.17, 15) is 9.18 Å². The summed E-state index contributed by atoms with van der Waals surface area (Å²) in [6.45, 7) is 4.75. The largest absolute Gasteiger partial charge is 0.333 e. The van der Waals surface area contributed by atoms with Gasteiger partial charge in [-0.1, -0.05) is 6.07 Å². The molecule has 0 aliphatic carbocycles. The van der Waals surface area contributed by atoms with Gasteiger partial charge in [-0.2, -0.15) is 0 Å². The van der Waals surface area contributed by atoms with Crippen molar-refractivity contribution in [2.75, 3.05) is 6.54 Å². The maximum absolute atomic E-state index is 13.6. The molecule has 1 heterocycles. The molecule has 0 unspecified atom stereocenters. The maximum atomic E-state index is 13.6. The number of hydrogen-bond donors (Lipinski definition) is 0. The summed E-state index contributed by atoms with van der Waals surface area (Å²) < 4.78 is 13.9. The minimum absolute atomic E-state index is 0.202. The predicted molar refractivity (Wildman–Crippen MR) is 83.5 cm³/mol. The summed E-state index contributed by atoms with van der Waals surface area (Å²) in [5, 5.41) is 0. The standard InChI is InChI=1S/C16H16BrFN2O/c1-3-20(10-13-6-4-5-11(2)19-13)16(21)12-7-8-14(17)15(18)9-12/h4-9H,3,10H2,1-2H3. The highest BCUT2D eigenvalue weighted by atomic mass is 79.9. The molecule has 0 radical (unpaired) electrons. The van der Waals surface area contributed by atoms with Crippen molar-refractivity contribution in [2.24, 2.45) is 0 Å². The molecule has 0 N–H and O–H groups in total. The number of pyridine rings is 1. The van der Waals surface area contributed by atoms with Gasteiger partial charge < -0.3 is 4.90 Å². The van der Waals surface area contributed by atoms with Crippen LogP contribution in [0.2, 0.25) is 0 Å². The Morgan fingerprint density at radius 2 is 2.10 bits per heavy atom. The van der Waals surface area contributed by atoms with E-state index in [2.05, 4.69) is 20.9 Å². The summed E-state index contributed by atoms with van der Waals surface area (Å²) in [6, 6.07) is 10.1. The van der Waals surface area contributed by atoms with Gasteiger partial charge in [-0.3, -0.25) is 9.78 Å². The lowest BCUT2D eigenvalue weighted by Gasteiger charge is -2.21. The fraction of sp³-hybridized carbons (Fsp3) is 0.250. The number of nitrogens with zero attached hydrogens (tertiary/aromatic N) is 2. The van der Waals surface area contributed by atoms with Crippen LogP contribution in [0.15, 0.2) is 40.9 Å². The molecule has 0 atom stereocenters. The topological polar surface area (TPSA) is 33.2 Å². The Morgan fingerprint density at radius 1 is 1.33 bits per heavy atom. The third-order valence-corrected chi connectivity index (χ3v) is 3.78. The highest BCUT2D eigenvalue weighted by Crippen LogP contribution is 2.18. The third kappa shape index (κ3) is 3.88. The van der Waals surface area contributed by atoms with Crippen LogP contribution in [0.1, 0.15) is 28.7 Å². The Bertz CT molecular complexity index is 660. The van der Waals surface area contributed by atoms with E-state index >= 15 is 0 Å². The van der Waals surface area contributed by atoms with E-state index in [-0.39, 0.29) is 5.91 Å². The summed E-state index contributed by atoms with van der Waals surface area (Å²) in [5.41, 5.74) is 2.07. The van der Waals surface area contributed by atoms with Crippen molar-refractivity contribution in [3.63, 3.8) is 0 Å². The first-order chi connectivity index (χ1) is 10.0. The van der Waals surface area contributed by atoms with E-state index in [0.717, 1.165) is 11.4 Å². The zero-order chi connectivity index (χ0) is 15.4. The SMILES string of the molecule is CCN(Cc1cccc(C)n1)C(=O)c1ccc(Br)c(F)c1. The molecule has 0 aliphatic rings. The lowest BCUT2D eigenvalue weighted by molar-refractivity contribution is 0.0750. The zero-order valence-electron chi connectivity index (χ0n) is 11.9. The molecule has 1 amide bonds. The number of amides is 1. The number of aryl methyl sites for hydroxylation is 1. The molecule has 21 heavy (non-hydrogen) atoms. The van der Waals surface area contributed by atoms with Gasteiger partial charge in [-0.25, -0.2) is 4.39 Å². The maximum Gasteiger partial charge on any atom is 0.254 e. The molecule has 0 saturated heterocycles. The lowest BCUT2D eigenvalue weighted by Crippen LogP contribution is -2.30. The zero-order valence-corrected chi connectivity index (χ0v) is 13.5. The first-order valence-electron chi connectivity index (χ1n) is 6.68. The summed E-state index contributed by atoms with van der Waals surface area (Å²) in [6.07, 6.45) is 0. The number of carbonyl (C=O) groups is 1. The molecule has 0 spiro atoms. The average molecular weight is 351 g/mol. The molecule has 3 nitrogen and oxygen atoms in total. The Morgan fingerprint density at radius 3 is 2.71 bits per heavy atom. The van der Waals surface area contributed by atoms with Crippen molar-refractivity contribution in [3.05, 3.63) is 63.6 Å². The van der Waals surface area contributed by atoms with Crippen LogP contribution in [0.4, 0.5) is 4.39 Å². The third-order valence-electron chi connectivity index (χ3n) is 3.13. The van der Waals surface area contributed by atoms with Gasteiger partial charge in [-0.15, -0.1) is 0 Å². The van der Waals surface area contributed by atoms with E-state index in [1.165, 1.54) is 6.07 Å². The number of carbonyl (C=O) groups excluding carboxylic acids is 1. The molecule has 2 aromatic rings. The molecule has 110 valence electrons. The Balaban J connectivity index is 2.20. The van der Waals surface area contributed by atoms with Crippen molar-refractivity contribution in [1.82, 2.24) is 9.88 Å². The van der Waals surface area contributed by atoms with Gasteiger partial charge in [0.2, 0.25) is 0 Å². The van der Waals surface area contributed by atoms with Gasteiger partial charge in [-0.05, 0) is 60.1 Å². The van der Waals surface area contributed by atoms with Crippen molar-refractivity contribution < 1.29 is 9.18 Å². The smallest absolute Gasteiger partial charge is 0.254 e. The second-order valence-electron chi connectivity index (χ2n) is 4.72. The Labute approximate surface area is 131 Å². The number of halogens is 2. The number of rotatable bonds is 4. The van der Waals surface area contributed by atoms with Gasteiger partial charge in [0.1, 0.15) is 5.82 Å². The van der Waals surface area contributed by atoms with E-state index in [4.69, 9.17) is 0 Å². The van der Waals surface area contributed by atoms with Crippen LogP contribution < -0.4 is 0 Å². The molecule has 0 saturated carbocycles. The highest BCUT2D eigenvalue weighted by molar-refractivity contribution is 9.10. The molecular formula is C16H16BrFN2O. The van der Waals surface area contributed by atoms with E-state index in [1.54, 1.807) is 17.0 Å². The van der Waals surface area contributed by atoms with Gasteiger partial charge in [0, 0.05) is 17.8 Å². The van der Waals surface area contributed by atoms with Crippen LogP contribution in [0, 0.1) is 12.7 Å². The minimum Gasteiger partial charge on any atom is -0.333 e. The molecule has 0 aliphatic heterocycles. The van der Waals surface area contributed by atoms with Crippen LogP contribution in [-0.4, -0.2) is 22.3 Å². The van der Waals surface area contributed by atoms with Crippen molar-refractivity contribution >= 4 is 21.8 Å². The number of benzene rings is 1. The predicted octanol–water partition coefficient (Wildman–Crippen LogP) is 3.95. The Hall–Kier alpha value is -1.75. The van der Waals surface area contributed by atoms with Crippen LogP contribution in [0.25, 0.3) is 0 Å². The second kappa shape index (κ2) is 6.80. The summed E-state index contributed by atoms with van der Waals surface area (Å²) in [5.74, 6) is -0.641. The fourth-order valence-electron chi connectivity index (χ4n) is 2.02. The van der Waals surface area contributed by atoms with Crippen molar-refractivity contribution in [3.8, 4) is 0 Å². The first kappa shape index (κ1) is 15.6. The molecule has 1 aromatic carbocycles. The normalized spacial score (nSPS) is 10.5.